The zero-order chi connectivity index (χ0) is 23.6. The molecular weight excluding hydrogens is 457 g/mol. The number of rotatable bonds is 6. The topological polar surface area (TPSA) is 122 Å². The van der Waals surface area contributed by atoms with Gasteiger partial charge in [0.2, 0.25) is 0 Å². The Bertz CT molecular complexity index is 1120. The van der Waals surface area contributed by atoms with Crippen LogP contribution in [0.25, 0.3) is 0 Å². The van der Waals surface area contributed by atoms with Gasteiger partial charge in [-0.15, -0.1) is 0 Å². The first kappa shape index (κ1) is 23.0. The molecule has 2 N–H and O–H groups in total. The second-order valence-electron chi connectivity index (χ2n) is 6.68. The van der Waals surface area contributed by atoms with Gasteiger partial charge in [-0.2, -0.15) is 13.2 Å². The molecule has 0 bridgehead atoms. The lowest BCUT2D eigenvalue weighted by Crippen LogP contribution is -2.35. The van der Waals surface area contributed by atoms with Gasteiger partial charge < -0.3 is 10.6 Å². The number of hydrogen-bond donors (Lipinski definition) is 2. The summed E-state index contributed by atoms with van der Waals surface area (Å²) in [6.45, 7) is -0.0707. The van der Waals surface area contributed by atoms with Crippen molar-refractivity contribution in [3.8, 4) is 0 Å². The molecule has 0 fully saturated rings. The highest BCUT2D eigenvalue weighted by Crippen LogP contribution is 2.36. The first-order valence-corrected chi connectivity index (χ1v) is 9.43. The first-order valence-electron chi connectivity index (χ1n) is 9.05. The van der Waals surface area contributed by atoms with E-state index >= 15 is 0 Å². The average molecular weight is 471 g/mol. The van der Waals surface area contributed by atoms with Crippen molar-refractivity contribution in [2.24, 2.45) is 0 Å². The number of benzene rings is 2. The van der Waals surface area contributed by atoms with Crippen molar-refractivity contribution in [3.05, 3.63) is 68.2 Å². The van der Waals surface area contributed by atoms with Crippen LogP contribution in [0.5, 0.6) is 0 Å². The van der Waals surface area contributed by atoms with E-state index in [4.69, 9.17) is 11.6 Å². The molecule has 0 unspecified atom stereocenters. The standard InChI is InChI=1S/C19H14ClF3N4O5/c20-15-5-2-10(8-14(15)19(21,22)23)25-18(30)24-6-1-7-26-16(28)12-4-3-11(27(31)32)9-13(12)17(26)29/h2-5,8-9H,1,6-7H2,(H2,24,25,30). The largest absolute Gasteiger partial charge is 0.417 e. The monoisotopic (exact) mass is 470 g/mol. The van der Waals surface area contributed by atoms with E-state index in [1.54, 1.807) is 0 Å². The summed E-state index contributed by atoms with van der Waals surface area (Å²) in [7, 11) is 0. The number of hydrogen-bond acceptors (Lipinski definition) is 5. The minimum Gasteiger partial charge on any atom is -0.338 e. The molecular formula is C19H14ClF3N4O5. The normalized spacial score (nSPS) is 13.2. The van der Waals surface area contributed by atoms with Gasteiger partial charge in [-0.25, -0.2) is 4.79 Å². The van der Waals surface area contributed by atoms with Gasteiger partial charge in [0.25, 0.3) is 17.5 Å². The third kappa shape index (κ3) is 4.80. The third-order valence-corrected chi connectivity index (χ3v) is 4.87. The summed E-state index contributed by atoms with van der Waals surface area (Å²) in [6, 6.07) is 5.48. The number of carbonyl (C=O) groups excluding carboxylic acids is 3. The fourth-order valence-corrected chi connectivity index (χ4v) is 3.25. The van der Waals surface area contributed by atoms with E-state index in [1.807, 2.05) is 0 Å². The first-order chi connectivity index (χ1) is 15.0. The Morgan fingerprint density at radius 3 is 2.44 bits per heavy atom. The maximum absolute atomic E-state index is 12.9. The van der Waals surface area contributed by atoms with Crippen LogP contribution in [0.4, 0.5) is 29.3 Å². The summed E-state index contributed by atoms with van der Waals surface area (Å²) in [5.41, 5.74) is -1.56. The number of alkyl halides is 3. The average Bonchev–Trinajstić information content (AvgIpc) is 2.95. The van der Waals surface area contributed by atoms with Gasteiger partial charge in [0, 0.05) is 30.9 Å². The lowest BCUT2D eigenvalue weighted by Gasteiger charge is -2.14. The van der Waals surface area contributed by atoms with Crippen LogP contribution in [0, 0.1) is 10.1 Å². The van der Waals surface area contributed by atoms with Crippen LogP contribution in [0.2, 0.25) is 5.02 Å². The zero-order valence-corrected chi connectivity index (χ0v) is 16.8. The van der Waals surface area contributed by atoms with Crippen molar-refractivity contribution in [1.29, 1.82) is 0 Å². The summed E-state index contributed by atoms with van der Waals surface area (Å²) in [5.74, 6) is -1.29. The number of anilines is 1. The van der Waals surface area contributed by atoms with Gasteiger partial charge in [0.05, 0.1) is 26.6 Å². The Morgan fingerprint density at radius 2 is 1.78 bits per heavy atom. The number of imide groups is 1. The molecule has 1 heterocycles. The number of nitrogens with one attached hydrogen (secondary N) is 2. The van der Waals surface area contributed by atoms with Gasteiger partial charge in [-0.3, -0.25) is 24.6 Å². The Morgan fingerprint density at radius 1 is 1.09 bits per heavy atom. The second kappa shape index (κ2) is 8.83. The molecule has 32 heavy (non-hydrogen) atoms. The van der Waals surface area contributed by atoms with Crippen LogP contribution in [0.3, 0.4) is 0 Å². The van der Waals surface area contributed by atoms with Crippen molar-refractivity contribution in [2.75, 3.05) is 18.4 Å². The van der Waals surface area contributed by atoms with Gasteiger partial charge in [-0.05, 0) is 30.7 Å². The molecule has 0 radical (unpaired) electrons. The molecule has 0 saturated heterocycles. The Hall–Kier alpha value is -3.67. The second-order valence-corrected chi connectivity index (χ2v) is 7.08. The minimum absolute atomic E-state index is 0.000889. The van der Waals surface area contributed by atoms with E-state index < -0.39 is 39.5 Å². The number of nitro groups is 1. The van der Waals surface area contributed by atoms with Crippen LogP contribution in [-0.2, 0) is 6.18 Å². The molecule has 0 aromatic heterocycles. The molecule has 3 rings (SSSR count). The lowest BCUT2D eigenvalue weighted by molar-refractivity contribution is -0.384. The van der Waals surface area contributed by atoms with Gasteiger partial charge in [-0.1, -0.05) is 11.6 Å². The lowest BCUT2D eigenvalue weighted by atomic mass is 10.1. The van der Waals surface area contributed by atoms with E-state index in [9.17, 15) is 37.7 Å². The van der Waals surface area contributed by atoms with Crippen molar-refractivity contribution in [2.45, 2.75) is 12.6 Å². The fourth-order valence-electron chi connectivity index (χ4n) is 3.03. The molecule has 1 aliphatic heterocycles. The summed E-state index contributed by atoms with van der Waals surface area (Å²) in [6.07, 6.45) is -4.53. The predicted molar refractivity (Wildman–Crippen MR) is 107 cm³/mol. The number of nitrogens with zero attached hydrogens (tertiary/aromatic N) is 2. The van der Waals surface area contributed by atoms with Gasteiger partial charge in [0.1, 0.15) is 0 Å². The van der Waals surface area contributed by atoms with Crippen molar-refractivity contribution in [1.82, 2.24) is 10.2 Å². The number of nitro benzene ring substituents is 1. The Labute approximate surface area is 183 Å². The molecule has 4 amide bonds. The molecule has 1 aliphatic rings. The molecule has 2 aromatic rings. The van der Waals surface area contributed by atoms with Crippen molar-refractivity contribution in [3.63, 3.8) is 0 Å². The predicted octanol–water partition coefficient (Wildman–Crippen LogP) is 4.07. The number of carbonyl (C=O) groups is 3. The van der Waals surface area contributed by atoms with Crippen LogP contribution >= 0.6 is 11.6 Å². The van der Waals surface area contributed by atoms with Gasteiger partial charge in [0.15, 0.2) is 0 Å². The van der Waals surface area contributed by atoms with Gasteiger partial charge >= 0.3 is 12.2 Å². The highest BCUT2D eigenvalue weighted by atomic mass is 35.5. The van der Waals surface area contributed by atoms with Crippen LogP contribution in [-0.4, -0.2) is 40.8 Å². The molecule has 13 heteroatoms. The zero-order valence-electron chi connectivity index (χ0n) is 16.0. The maximum Gasteiger partial charge on any atom is 0.417 e. The minimum atomic E-state index is -4.68. The molecule has 2 aromatic carbocycles. The molecule has 0 aliphatic carbocycles. The molecule has 9 nitrogen and oxygen atoms in total. The summed E-state index contributed by atoms with van der Waals surface area (Å²) in [5, 5.41) is 15.0. The molecule has 168 valence electrons. The summed E-state index contributed by atoms with van der Waals surface area (Å²) in [4.78, 5) is 47.7. The van der Waals surface area contributed by atoms with Crippen LogP contribution in [0.1, 0.15) is 32.7 Å². The number of urea groups is 1. The Balaban J connectivity index is 1.52. The highest BCUT2D eigenvalue weighted by Gasteiger charge is 2.36. The van der Waals surface area contributed by atoms with Crippen LogP contribution < -0.4 is 10.6 Å². The van der Waals surface area contributed by atoms with E-state index in [2.05, 4.69) is 10.6 Å². The fraction of sp³-hybridized carbons (Fsp3) is 0.211. The summed E-state index contributed by atoms with van der Waals surface area (Å²) >= 11 is 5.52. The molecule has 0 atom stereocenters. The smallest absolute Gasteiger partial charge is 0.338 e. The van der Waals surface area contributed by atoms with Crippen molar-refractivity contribution >= 4 is 40.8 Å². The van der Waals surface area contributed by atoms with E-state index in [0.29, 0.717) is 6.07 Å². The number of non-ortho nitro benzene ring substituents is 1. The maximum atomic E-state index is 12.9. The Kier molecular flexibility index (Phi) is 6.35. The number of fused-ring (bicyclic) bond motifs is 1. The van der Waals surface area contributed by atoms with Crippen molar-refractivity contribution < 1.29 is 32.5 Å². The third-order valence-electron chi connectivity index (χ3n) is 4.54. The van der Waals surface area contributed by atoms with E-state index in [0.717, 1.165) is 23.1 Å². The molecule has 0 spiro atoms. The van der Waals surface area contributed by atoms with E-state index in [1.165, 1.54) is 12.1 Å². The van der Waals surface area contributed by atoms with E-state index in [-0.39, 0.29) is 42.0 Å². The number of amides is 4. The van der Waals surface area contributed by atoms with Crippen LogP contribution in [0.15, 0.2) is 36.4 Å². The molecule has 0 saturated carbocycles. The number of halogens is 4. The summed E-state index contributed by atoms with van der Waals surface area (Å²) < 4.78 is 38.6. The highest BCUT2D eigenvalue weighted by molar-refractivity contribution is 6.31. The quantitative estimate of drug-likeness (QED) is 0.285. The SMILES string of the molecule is O=C(NCCCN1C(=O)c2ccc([N+](=O)[O-])cc2C1=O)Nc1ccc(Cl)c(C(F)(F)F)c1.